The Morgan fingerprint density at radius 3 is 1.61 bits per heavy atom. The predicted octanol–water partition coefficient (Wildman–Crippen LogP) is 8.69. The number of H-pyrrole nitrogens is 7. The number of benzene rings is 4. The molecule has 21 nitrogen and oxygen atoms in total. The van der Waals surface area contributed by atoms with Crippen LogP contribution in [0, 0.1) is 61.3 Å². The highest BCUT2D eigenvalue weighted by Gasteiger charge is 2.26. The number of carbonyl (C=O) groups excluding carboxylic acids is 2. The van der Waals surface area contributed by atoms with E-state index < -0.39 is 11.8 Å². The maximum atomic E-state index is 13.0. The molecule has 4 aliphatic rings. The first-order valence-corrected chi connectivity index (χ1v) is 36.2. The third-order valence-electron chi connectivity index (χ3n) is 18.8. The first-order valence-electron chi connectivity index (χ1n) is 36.2. The van der Waals surface area contributed by atoms with Gasteiger partial charge in [0.15, 0.2) is 0 Å². The van der Waals surface area contributed by atoms with Crippen molar-refractivity contribution in [1.29, 1.82) is 0 Å². The van der Waals surface area contributed by atoms with Crippen LogP contribution in [-0.4, -0.2) is 101 Å². The zero-order chi connectivity index (χ0) is 78.0. The topological polar surface area (TPSA) is 286 Å². The number of nitrogens with one attached hydrogen (secondary N) is 7. The summed E-state index contributed by atoms with van der Waals surface area (Å²) in [5, 5.41) is 31.3. The number of para-hydroxylation sites is 3. The van der Waals surface area contributed by atoms with Crippen molar-refractivity contribution in [3.8, 4) is 23.0 Å². The van der Waals surface area contributed by atoms with Crippen molar-refractivity contribution in [2.45, 2.75) is 95.6 Å². The van der Waals surface area contributed by atoms with Gasteiger partial charge in [-0.05, 0) is 196 Å². The van der Waals surface area contributed by atoms with Gasteiger partial charge in [-0.15, -0.1) is 0 Å². The number of aromatic hydroxyl groups is 1. The van der Waals surface area contributed by atoms with Gasteiger partial charge in [-0.2, -0.15) is 0 Å². The predicted molar refractivity (Wildman–Crippen MR) is 432 cm³/mol. The number of methoxy groups -OCH3 is 3. The van der Waals surface area contributed by atoms with Gasteiger partial charge in [0.1, 0.15) is 40.1 Å². The fourth-order valence-electron chi connectivity index (χ4n) is 13.6. The maximum absolute atomic E-state index is 13.0. The Hall–Kier alpha value is -13.1. The third-order valence-corrected chi connectivity index (χ3v) is 18.8. The molecule has 110 heavy (non-hydrogen) atoms. The molecule has 4 aliphatic heterocycles. The van der Waals surface area contributed by atoms with E-state index in [1.54, 1.807) is 64.9 Å². The van der Waals surface area contributed by atoms with Gasteiger partial charge in [-0.3, -0.25) is 9.36 Å². The number of aliphatic hydroxyl groups excluding tert-OH is 1. The normalized spacial score (nSPS) is 15.6. The SMILES string of the molecule is COC1=CC(c2cc3ccccc3n2C(=O)C(C)C)=N/C1=C\c1[nH]c(C)cc1C.COc1cc(=C2C=c3c(OC(=O)OC(C)(C)C)cccc3=N2)[nH]/c1=C\c1[nH]c(C)cc1C.COc1cc(=C2N=c3ccccc3=C2CO)[nH]/c1=C\c1[nH]c(C)cc1C.Cc1cc(C)c(/C=c2\[nH]c(=C3C=c4ccccc4=N3)cc2O)[nH]1. The molecule has 0 spiro atoms. The van der Waals surface area contributed by atoms with E-state index >= 15 is 0 Å². The fourth-order valence-corrected chi connectivity index (χ4v) is 13.6. The Balaban J connectivity index is 0.000000130. The summed E-state index contributed by atoms with van der Waals surface area (Å²) in [4.78, 5) is 67.4. The number of hydrogen-bond donors (Lipinski definition) is 9. The van der Waals surface area contributed by atoms with Gasteiger partial charge in [0.25, 0.3) is 0 Å². The average Bonchev–Trinajstić information content (AvgIpc) is 1.62. The second-order valence-corrected chi connectivity index (χ2v) is 28.8. The first kappa shape index (κ1) is 75.1. The molecule has 0 saturated heterocycles. The summed E-state index contributed by atoms with van der Waals surface area (Å²) in [5.41, 5.74) is 18.7. The standard InChI is InChI=1S/C25H27N3O4.C24H25N3O2.C21H21N3O2.C19H17N3O/c1-14-10-15(2)26-18(14)12-21-23(30-6)13-20(28-21)19-11-16-17(27-19)8-7-9-22(16)31-24(29)32-25(3,4)5;1-14(2)24(28)27-21-9-7-6-8-17(21)11-22(27)19-13-23(29-5)20(26-19)12-18-15(3)10-16(4)25-18;1-12-8-13(2)22-17(12)9-18-20(26-3)10-19(23-18)21-15(11-25)14-6-4-5-7-16(14)24-21;1-11-7-12(2)20-15(11)9-18-19(23)10-17(22-18)16-8-13-5-3-4-6-14(13)21-16/h7-13,26,28H,1-6H3;6-14,25H,1-5H3;4-10,22-23,25H,11H2,1-3H3;3-10,20,22-23H,1-2H3/b20-19?,21-12-;20-12-;18-9-,21-19?;17-16?,18-9-. The molecule has 0 unspecified atom stereocenters. The van der Waals surface area contributed by atoms with Crippen LogP contribution in [0.25, 0.3) is 70.0 Å². The van der Waals surface area contributed by atoms with Crippen LogP contribution >= 0.6 is 0 Å². The van der Waals surface area contributed by atoms with Crippen molar-refractivity contribution in [3.05, 3.63) is 294 Å². The number of aliphatic hydroxyl groups is 1. The number of ether oxygens (including phenoxy) is 5. The van der Waals surface area contributed by atoms with Crippen LogP contribution in [0.15, 0.2) is 177 Å². The summed E-state index contributed by atoms with van der Waals surface area (Å²) >= 11 is 0. The van der Waals surface area contributed by atoms with Crippen LogP contribution in [0.4, 0.5) is 4.79 Å². The van der Waals surface area contributed by atoms with E-state index in [2.05, 4.69) is 84.9 Å². The number of allylic oxidation sites excluding steroid dienone is 1. The summed E-state index contributed by atoms with van der Waals surface area (Å²) in [6, 6.07) is 45.1. The largest absolute Gasteiger partial charge is 0.514 e. The minimum absolute atomic E-state index is 0.0459. The number of aryl methyl sites for hydroxylation is 8. The lowest BCUT2D eigenvalue weighted by Gasteiger charge is -2.18. The molecule has 0 saturated carbocycles. The third kappa shape index (κ3) is 16.2. The number of nitrogens with zero attached hydrogens (tertiary/aromatic N) is 5. The minimum Gasteiger partial charge on any atom is -0.506 e. The summed E-state index contributed by atoms with van der Waals surface area (Å²) in [5.74, 6) is 2.67. The second kappa shape index (κ2) is 31.4. The van der Waals surface area contributed by atoms with Gasteiger partial charge in [0.2, 0.25) is 5.91 Å². The number of aliphatic imine (C=N–C) groups is 1. The van der Waals surface area contributed by atoms with Crippen molar-refractivity contribution in [2.75, 3.05) is 27.9 Å². The molecule has 560 valence electrons. The molecule has 4 aromatic carbocycles. The molecule has 0 fully saturated rings. The van der Waals surface area contributed by atoms with E-state index in [0.717, 1.165) is 177 Å². The number of rotatable bonds is 11. The molecule has 0 radical (unpaired) electrons. The lowest BCUT2D eigenvalue weighted by molar-refractivity contribution is 0.0204. The van der Waals surface area contributed by atoms with Crippen molar-refractivity contribution >= 4 is 87.8 Å². The highest BCUT2D eigenvalue weighted by molar-refractivity contribution is 6.16. The van der Waals surface area contributed by atoms with Crippen LogP contribution in [0.1, 0.15) is 113 Å². The van der Waals surface area contributed by atoms with Crippen molar-refractivity contribution in [1.82, 2.24) is 39.5 Å². The molecular weight excluding hydrogens is 1380 g/mol. The molecule has 8 aromatic heterocycles. The zero-order valence-electron chi connectivity index (χ0n) is 64.6. The minimum atomic E-state index is -0.747. The molecular formula is C89H90N12O9. The van der Waals surface area contributed by atoms with Crippen LogP contribution in [0.2, 0.25) is 0 Å². The lowest BCUT2D eigenvalue weighted by atomic mass is 10.1. The molecule has 0 atom stereocenters. The lowest BCUT2D eigenvalue weighted by Crippen LogP contribution is -2.29. The van der Waals surface area contributed by atoms with Gasteiger partial charge in [0, 0.05) is 102 Å². The van der Waals surface area contributed by atoms with E-state index in [1.807, 2.05) is 188 Å². The summed E-state index contributed by atoms with van der Waals surface area (Å²) in [6.07, 6.45) is 13.0. The number of aromatic nitrogens is 8. The molecule has 0 amide bonds. The quantitative estimate of drug-likeness (QED) is 0.0442. The van der Waals surface area contributed by atoms with Gasteiger partial charge in [0.05, 0.1) is 110 Å². The number of fused-ring (bicyclic) bond motifs is 4. The highest BCUT2D eigenvalue weighted by Crippen LogP contribution is 2.30. The number of aromatic amines is 7. The summed E-state index contributed by atoms with van der Waals surface area (Å²) in [6.45, 7) is 25.5. The van der Waals surface area contributed by atoms with Crippen LogP contribution in [-0.2, 0) is 9.47 Å². The zero-order valence-corrected chi connectivity index (χ0v) is 64.6. The second-order valence-electron chi connectivity index (χ2n) is 28.8. The Morgan fingerprint density at radius 2 is 1.04 bits per heavy atom. The molecule has 0 aliphatic carbocycles. The van der Waals surface area contributed by atoms with Crippen molar-refractivity contribution in [3.63, 3.8) is 0 Å². The fraction of sp³-hybridized carbons (Fsp3) is 0.213. The molecule has 12 heterocycles. The Labute approximate surface area is 634 Å². The Bertz CT molecular complexity index is 6560. The van der Waals surface area contributed by atoms with Crippen LogP contribution in [0.3, 0.4) is 0 Å². The van der Waals surface area contributed by atoms with Crippen LogP contribution < -0.4 is 78.0 Å². The number of hydrogen-bond acceptors (Lipinski definition) is 13. The van der Waals surface area contributed by atoms with Crippen molar-refractivity contribution < 1.29 is 43.5 Å². The Kier molecular flexibility index (Phi) is 21.4. The van der Waals surface area contributed by atoms with Gasteiger partial charge in [-0.1, -0.05) is 74.5 Å². The molecule has 21 heteroatoms. The van der Waals surface area contributed by atoms with Gasteiger partial charge in [-0.25, -0.2) is 24.8 Å². The Morgan fingerprint density at radius 1 is 0.518 bits per heavy atom. The molecule has 9 N–H and O–H groups in total. The highest BCUT2D eigenvalue weighted by atomic mass is 16.7. The van der Waals surface area contributed by atoms with E-state index in [-0.39, 0.29) is 24.2 Å². The van der Waals surface area contributed by atoms with E-state index in [9.17, 15) is 19.8 Å². The van der Waals surface area contributed by atoms with E-state index in [1.165, 1.54) is 5.56 Å². The van der Waals surface area contributed by atoms with Gasteiger partial charge >= 0.3 is 6.16 Å². The smallest absolute Gasteiger partial charge is 0.506 e. The molecule has 12 aromatic rings. The maximum Gasteiger partial charge on any atom is 0.514 e. The van der Waals surface area contributed by atoms with E-state index in [0.29, 0.717) is 22.6 Å². The monoisotopic (exact) mass is 1470 g/mol. The van der Waals surface area contributed by atoms with Crippen molar-refractivity contribution in [2.24, 2.45) is 25.9 Å². The number of carbonyl (C=O) groups is 2. The summed E-state index contributed by atoms with van der Waals surface area (Å²) in [7, 11) is 4.93. The average molecular weight is 1470 g/mol. The molecule has 16 rings (SSSR count). The van der Waals surface area contributed by atoms with E-state index in [4.69, 9.17) is 38.7 Å². The summed E-state index contributed by atoms with van der Waals surface area (Å²) < 4.78 is 29.2. The first-order chi connectivity index (χ1) is 52.7. The van der Waals surface area contributed by atoms with Gasteiger partial charge < -0.3 is 68.8 Å². The molecule has 0 bridgehead atoms. The van der Waals surface area contributed by atoms with Crippen LogP contribution in [0.5, 0.6) is 23.0 Å².